The smallest absolute Gasteiger partial charge is 0.262 e. The maximum Gasteiger partial charge on any atom is 0.262 e. The van der Waals surface area contributed by atoms with Gasteiger partial charge in [0.1, 0.15) is 0 Å². The molecule has 30 heavy (non-hydrogen) atoms. The summed E-state index contributed by atoms with van der Waals surface area (Å²) < 4.78 is 1.45. The van der Waals surface area contributed by atoms with Gasteiger partial charge in [0, 0.05) is 17.6 Å². The Labute approximate surface area is 179 Å². The van der Waals surface area contributed by atoms with Crippen LogP contribution in [0, 0.1) is 0 Å². The van der Waals surface area contributed by atoms with Gasteiger partial charge in [-0.25, -0.2) is 10.4 Å². The predicted molar refractivity (Wildman–Crippen MR) is 124 cm³/mol. The number of nitrogens with zero attached hydrogens (tertiary/aromatic N) is 3. The summed E-state index contributed by atoms with van der Waals surface area (Å²) in [5.74, 6) is 0.364. The summed E-state index contributed by atoms with van der Waals surface area (Å²) >= 11 is 6.08. The molecule has 0 spiro atoms. The first kappa shape index (κ1) is 19.6. The van der Waals surface area contributed by atoms with Crippen LogP contribution in [-0.2, 0) is 7.05 Å². The molecular formula is C24H19ClN4O. The molecule has 0 saturated carbocycles. The molecule has 4 aromatic rings. The molecule has 0 aliphatic heterocycles. The van der Waals surface area contributed by atoms with E-state index in [0.717, 1.165) is 11.1 Å². The molecule has 1 N–H and O–H groups in total. The highest BCUT2D eigenvalue weighted by molar-refractivity contribution is 6.30. The minimum atomic E-state index is -0.131. The van der Waals surface area contributed by atoms with Crippen LogP contribution in [0.15, 0.2) is 94.8 Å². The van der Waals surface area contributed by atoms with Gasteiger partial charge >= 0.3 is 0 Å². The van der Waals surface area contributed by atoms with Crippen LogP contribution in [0.2, 0.25) is 5.02 Å². The number of rotatable bonds is 5. The lowest BCUT2D eigenvalue weighted by Crippen LogP contribution is -2.21. The number of anilines is 1. The Morgan fingerprint density at radius 2 is 1.80 bits per heavy atom. The fourth-order valence-corrected chi connectivity index (χ4v) is 3.22. The van der Waals surface area contributed by atoms with E-state index in [-0.39, 0.29) is 5.56 Å². The summed E-state index contributed by atoms with van der Waals surface area (Å²) in [5.41, 5.74) is 6.02. The molecule has 1 heterocycles. The van der Waals surface area contributed by atoms with Crippen LogP contribution in [0.4, 0.5) is 5.95 Å². The molecular weight excluding hydrogens is 396 g/mol. The number of allylic oxidation sites excluding steroid dienone is 1. The highest BCUT2D eigenvalue weighted by atomic mass is 35.5. The van der Waals surface area contributed by atoms with Crippen molar-refractivity contribution in [2.24, 2.45) is 12.1 Å². The third-order valence-corrected chi connectivity index (χ3v) is 4.85. The second kappa shape index (κ2) is 8.76. The van der Waals surface area contributed by atoms with Gasteiger partial charge in [-0.15, -0.1) is 0 Å². The summed E-state index contributed by atoms with van der Waals surface area (Å²) in [6.07, 6.45) is 3.83. The molecule has 0 saturated heterocycles. The second-order valence-corrected chi connectivity index (χ2v) is 7.12. The van der Waals surface area contributed by atoms with Gasteiger partial charge in [-0.3, -0.25) is 9.36 Å². The van der Waals surface area contributed by atoms with Crippen molar-refractivity contribution < 1.29 is 0 Å². The van der Waals surface area contributed by atoms with Gasteiger partial charge in [0.2, 0.25) is 5.95 Å². The van der Waals surface area contributed by atoms with Crippen LogP contribution in [0.25, 0.3) is 17.0 Å². The minimum absolute atomic E-state index is 0.131. The van der Waals surface area contributed by atoms with Crippen LogP contribution < -0.4 is 11.0 Å². The first-order valence-corrected chi connectivity index (χ1v) is 9.78. The summed E-state index contributed by atoms with van der Waals surface area (Å²) in [5, 5.41) is 5.77. The lowest BCUT2D eigenvalue weighted by atomic mass is 10.1. The average Bonchev–Trinajstić information content (AvgIpc) is 2.77. The Morgan fingerprint density at radius 3 is 2.60 bits per heavy atom. The number of aromatic nitrogens is 2. The van der Waals surface area contributed by atoms with Gasteiger partial charge in [-0.2, -0.15) is 5.10 Å². The molecule has 0 radical (unpaired) electrons. The van der Waals surface area contributed by atoms with Crippen LogP contribution in [-0.4, -0.2) is 15.3 Å². The van der Waals surface area contributed by atoms with Crippen molar-refractivity contribution in [1.82, 2.24) is 9.55 Å². The third-order valence-electron chi connectivity index (χ3n) is 4.61. The van der Waals surface area contributed by atoms with Crippen LogP contribution in [0.3, 0.4) is 0 Å². The molecule has 0 fully saturated rings. The van der Waals surface area contributed by atoms with Crippen molar-refractivity contribution in [3.63, 3.8) is 0 Å². The van der Waals surface area contributed by atoms with Gasteiger partial charge in [0.15, 0.2) is 0 Å². The zero-order valence-corrected chi connectivity index (χ0v) is 17.0. The highest BCUT2D eigenvalue weighted by Gasteiger charge is 2.07. The van der Waals surface area contributed by atoms with E-state index >= 15 is 0 Å². The molecule has 0 aliphatic rings. The predicted octanol–water partition coefficient (Wildman–Crippen LogP) is 5.12. The number of halogens is 1. The van der Waals surface area contributed by atoms with Crippen LogP contribution >= 0.6 is 11.6 Å². The Morgan fingerprint density at radius 1 is 1.03 bits per heavy atom. The molecule has 3 aromatic carbocycles. The van der Waals surface area contributed by atoms with E-state index in [1.165, 1.54) is 4.57 Å². The van der Waals surface area contributed by atoms with Crippen LogP contribution in [0.1, 0.15) is 11.1 Å². The Bertz CT molecular complexity index is 1310. The molecule has 0 bridgehead atoms. The molecule has 148 valence electrons. The second-order valence-electron chi connectivity index (χ2n) is 6.68. The van der Waals surface area contributed by atoms with Crippen molar-refractivity contribution in [3.8, 4) is 0 Å². The van der Waals surface area contributed by atoms with E-state index in [1.807, 2.05) is 84.9 Å². The van der Waals surface area contributed by atoms with E-state index in [2.05, 4.69) is 15.5 Å². The minimum Gasteiger partial charge on any atom is -0.280 e. The van der Waals surface area contributed by atoms with Crippen molar-refractivity contribution in [1.29, 1.82) is 0 Å². The maximum atomic E-state index is 12.6. The van der Waals surface area contributed by atoms with Crippen molar-refractivity contribution in [2.75, 3.05) is 5.43 Å². The molecule has 0 amide bonds. The Kier molecular flexibility index (Phi) is 5.72. The van der Waals surface area contributed by atoms with Gasteiger partial charge in [0.25, 0.3) is 5.56 Å². The Hall–Kier alpha value is -3.70. The fraction of sp³-hybridized carbons (Fsp3) is 0.0417. The first-order chi connectivity index (χ1) is 14.6. The lowest BCUT2D eigenvalue weighted by Gasteiger charge is -2.09. The average molecular weight is 415 g/mol. The zero-order chi connectivity index (χ0) is 20.9. The molecule has 0 unspecified atom stereocenters. The number of para-hydroxylation sites is 1. The molecule has 4 rings (SSSR count). The zero-order valence-electron chi connectivity index (χ0n) is 16.3. The fourth-order valence-electron chi connectivity index (χ4n) is 3.02. The topological polar surface area (TPSA) is 59.3 Å². The van der Waals surface area contributed by atoms with Crippen LogP contribution in [0.5, 0.6) is 0 Å². The number of fused-ring (bicyclic) bond motifs is 1. The lowest BCUT2D eigenvalue weighted by molar-refractivity contribution is 0.846. The van der Waals surface area contributed by atoms with E-state index < -0.39 is 0 Å². The summed E-state index contributed by atoms with van der Waals surface area (Å²) in [6, 6.07) is 24.6. The van der Waals surface area contributed by atoms with Crippen molar-refractivity contribution in [3.05, 3.63) is 111 Å². The molecule has 6 heteroatoms. The van der Waals surface area contributed by atoms with E-state index in [0.29, 0.717) is 27.6 Å². The standard InChI is InChI=1S/C24H19ClN4O/c1-29-23(30)20-12-5-6-13-22(20)26-24(29)28-27-21(18-9-3-2-4-10-18)15-14-17-8-7-11-19(25)16-17/h2-16H,1H3,(H,26,28)/b15-14+,27-21+. The van der Waals surface area contributed by atoms with E-state index in [1.54, 1.807) is 13.1 Å². The summed E-state index contributed by atoms with van der Waals surface area (Å²) in [4.78, 5) is 17.1. The monoisotopic (exact) mass is 414 g/mol. The van der Waals surface area contributed by atoms with Gasteiger partial charge in [-0.1, -0.05) is 72.3 Å². The first-order valence-electron chi connectivity index (χ1n) is 9.40. The number of hydrogen-bond acceptors (Lipinski definition) is 4. The maximum absolute atomic E-state index is 12.6. The van der Waals surface area contributed by atoms with Gasteiger partial charge in [-0.05, 0) is 35.9 Å². The number of hydrogen-bond donors (Lipinski definition) is 1. The quantitative estimate of drug-likeness (QED) is 0.364. The van der Waals surface area contributed by atoms with Gasteiger partial charge in [0.05, 0.1) is 16.6 Å². The molecule has 0 atom stereocenters. The molecule has 5 nitrogen and oxygen atoms in total. The highest BCUT2D eigenvalue weighted by Crippen LogP contribution is 2.14. The third kappa shape index (κ3) is 4.31. The molecule has 1 aromatic heterocycles. The SMILES string of the molecule is Cn1c(N/N=C(\C=C\c2cccc(Cl)c2)c2ccccc2)nc2ccccc2c1=O. The van der Waals surface area contributed by atoms with Gasteiger partial charge < -0.3 is 0 Å². The van der Waals surface area contributed by atoms with E-state index in [9.17, 15) is 4.79 Å². The van der Waals surface area contributed by atoms with E-state index in [4.69, 9.17) is 11.6 Å². The normalized spacial score (nSPS) is 11.9. The Balaban J connectivity index is 1.72. The number of benzene rings is 3. The summed E-state index contributed by atoms with van der Waals surface area (Å²) in [7, 11) is 1.67. The number of nitrogens with one attached hydrogen (secondary N) is 1. The summed E-state index contributed by atoms with van der Waals surface area (Å²) in [6.45, 7) is 0. The largest absolute Gasteiger partial charge is 0.280 e. The van der Waals surface area contributed by atoms with Crippen molar-refractivity contribution >= 4 is 40.2 Å². The molecule has 0 aliphatic carbocycles. The number of hydrazone groups is 1. The van der Waals surface area contributed by atoms with Crippen molar-refractivity contribution in [2.45, 2.75) is 0 Å².